The molecule has 0 aliphatic rings. The molecule has 0 bridgehead atoms. The first-order chi connectivity index (χ1) is 9.02. The van der Waals surface area contributed by atoms with Gasteiger partial charge >= 0.3 is 0 Å². The Morgan fingerprint density at radius 3 is 1.79 bits per heavy atom. The predicted octanol–water partition coefficient (Wildman–Crippen LogP) is 7.08. The molecule has 0 radical (unpaired) electrons. The smallest absolute Gasteiger partial charge is 0.0365 e. The number of hydrogen-bond donors (Lipinski definition) is 0. The van der Waals surface area contributed by atoms with Gasteiger partial charge in [0.15, 0.2) is 0 Å². The minimum Gasteiger partial charge on any atom is -0.0654 e. The summed E-state index contributed by atoms with van der Waals surface area (Å²) in [5.41, 5.74) is 0. The van der Waals surface area contributed by atoms with E-state index in [4.69, 9.17) is 0 Å². The molecule has 3 atom stereocenters. The molecule has 19 heavy (non-hydrogen) atoms. The average Bonchev–Trinajstić information content (AvgIpc) is 2.35. The van der Waals surface area contributed by atoms with Crippen LogP contribution >= 0.6 is 0 Å². The fraction of sp³-hybridized carbons (Fsp3) is 1.00. The lowest BCUT2D eigenvalue weighted by Crippen LogP contribution is -2.18. The van der Waals surface area contributed by atoms with E-state index in [2.05, 4.69) is 41.5 Å². The lowest BCUT2D eigenvalue weighted by atomic mass is 9.78. The maximum Gasteiger partial charge on any atom is -0.0365 e. The van der Waals surface area contributed by atoms with Crippen molar-refractivity contribution in [3.63, 3.8) is 0 Å². The molecule has 0 aromatic rings. The van der Waals surface area contributed by atoms with Gasteiger partial charge in [-0.25, -0.2) is 0 Å². The number of rotatable bonds is 12. The fourth-order valence-electron chi connectivity index (χ4n) is 3.53. The van der Waals surface area contributed by atoms with E-state index in [1.165, 1.54) is 57.8 Å². The molecule has 0 N–H and O–H groups in total. The minimum atomic E-state index is 0.862. The van der Waals surface area contributed by atoms with E-state index in [9.17, 15) is 0 Å². The van der Waals surface area contributed by atoms with Crippen molar-refractivity contribution in [2.24, 2.45) is 23.7 Å². The highest BCUT2D eigenvalue weighted by molar-refractivity contribution is 4.70. The monoisotopic (exact) mass is 268 g/mol. The SMILES string of the molecule is CCCCC(C(C)C)C(C)CCCCC(C)CCC. The van der Waals surface area contributed by atoms with Crippen LogP contribution in [0.4, 0.5) is 0 Å². The van der Waals surface area contributed by atoms with E-state index >= 15 is 0 Å². The van der Waals surface area contributed by atoms with Crippen LogP contribution in [0.2, 0.25) is 0 Å². The largest absolute Gasteiger partial charge is 0.0654 e. The lowest BCUT2D eigenvalue weighted by molar-refractivity contribution is 0.230. The maximum absolute atomic E-state index is 2.50. The maximum atomic E-state index is 2.50. The van der Waals surface area contributed by atoms with Crippen LogP contribution in [-0.4, -0.2) is 0 Å². The Kier molecular flexibility index (Phi) is 11.8. The molecule has 0 rings (SSSR count). The summed E-state index contributed by atoms with van der Waals surface area (Å²) in [5.74, 6) is 3.68. The molecule has 0 aliphatic carbocycles. The van der Waals surface area contributed by atoms with Gasteiger partial charge in [-0.15, -0.1) is 0 Å². The molecule has 0 fully saturated rings. The van der Waals surface area contributed by atoms with Crippen LogP contribution in [-0.2, 0) is 0 Å². The third kappa shape index (κ3) is 9.52. The van der Waals surface area contributed by atoms with Gasteiger partial charge in [-0.3, -0.25) is 0 Å². The number of hydrogen-bond acceptors (Lipinski definition) is 0. The number of unbranched alkanes of at least 4 members (excludes halogenated alkanes) is 2. The van der Waals surface area contributed by atoms with Gasteiger partial charge in [0, 0.05) is 0 Å². The highest BCUT2D eigenvalue weighted by Crippen LogP contribution is 2.30. The molecule has 0 heterocycles. The summed E-state index contributed by atoms with van der Waals surface area (Å²) < 4.78 is 0. The molecule has 0 aromatic heterocycles. The summed E-state index contributed by atoms with van der Waals surface area (Å²) in [4.78, 5) is 0. The molecule has 0 nitrogen and oxygen atoms in total. The highest BCUT2D eigenvalue weighted by atomic mass is 14.2. The summed E-state index contributed by atoms with van der Waals surface area (Å²) in [5, 5.41) is 0. The van der Waals surface area contributed by atoms with Crippen LogP contribution in [0.25, 0.3) is 0 Å². The Morgan fingerprint density at radius 2 is 1.26 bits per heavy atom. The zero-order valence-corrected chi connectivity index (χ0v) is 14.7. The van der Waals surface area contributed by atoms with E-state index in [-0.39, 0.29) is 0 Å². The molecule has 0 saturated carbocycles. The van der Waals surface area contributed by atoms with Crippen LogP contribution in [0.15, 0.2) is 0 Å². The van der Waals surface area contributed by atoms with Gasteiger partial charge in [0.2, 0.25) is 0 Å². The average molecular weight is 269 g/mol. The third-order valence-electron chi connectivity index (χ3n) is 4.87. The molecule has 3 unspecified atom stereocenters. The van der Waals surface area contributed by atoms with E-state index in [0.717, 1.165) is 23.7 Å². The van der Waals surface area contributed by atoms with Crippen LogP contribution < -0.4 is 0 Å². The van der Waals surface area contributed by atoms with Crippen molar-refractivity contribution in [2.45, 2.75) is 99.3 Å². The Labute approximate surface area is 123 Å². The van der Waals surface area contributed by atoms with E-state index in [0.29, 0.717) is 0 Å². The van der Waals surface area contributed by atoms with Crippen LogP contribution in [0, 0.1) is 23.7 Å². The van der Waals surface area contributed by atoms with Crippen molar-refractivity contribution in [1.29, 1.82) is 0 Å². The summed E-state index contributed by atoms with van der Waals surface area (Å²) in [6.07, 6.45) is 12.8. The second-order valence-electron chi connectivity index (χ2n) is 7.21. The van der Waals surface area contributed by atoms with E-state index < -0.39 is 0 Å². The molecule has 0 amide bonds. The van der Waals surface area contributed by atoms with Crippen LogP contribution in [0.3, 0.4) is 0 Å². The van der Waals surface area contributed by atoms with Gasteiger partial charge in [-0.05, 0) is 30.1 Å². The van der Waals surface area contributed by atoms with Crippen molar-refractivity contribution < 1.29 is 0 Å². The summed E-state index contributed by atoms with van der Waals surface area (Å²) in [6.45, 7) is 14.4. The highest BCUT2D eigenvalue weighted by Gasteiger charge is 2.19. The van der Waals surface area contributed by atoms with Gasteiger partial charge in [-0.2, -0.15) is 0 Å². The normalized spacial score (nSPS) is 16.6. The molecule has 0 spiro atoms. The van der Waals surface area contributed by atoms with Crippen molar-refractivity contribution in [2.75, 3.05) is 0 Å². The van der Waals surface area contributed by atoms with Gasteiger partial charge in [0.25, 0.3) is 0 Å². The predicted molar refractivity (Wildman–Crippen MR) is 89.6 cm³/mol. The van der Waals surface area contributed by atoms with Gasteiger partial charge in [-0.1, -0.05) is 92.9 Å². The Morgan fingerprint density at radius 1 is 0.632 bits per heavy atom. The van der Waals surface area contributed by atoms with Gasteiger partial charge in [0.1, 0.15) is 0 Å². The van der Waals surface area contributed by atoms with Crippen molar-refractivity contribution >= 4 is 0 Å². The fourth-order valence-corrected chi connectivity index (χ4v) is 3.53. The van der Waals surface area contributed by atoms with Crippen molar-refractivity contribution in [3.8, 4) is 0 Å². The molecule has 0 saturated heterocycles. The van der Waals surface area contributed by atoms with Crippen LogP contribution in [0.1, 0.15) is 99.3 Å². The van der Waals surface area contributed by atoms with Crippen molar-refractivity contribution in [1.82, 2.24) is 0 Å². The molecule has 0 aliphatic heterocycles. The lowest BCUT2D eigenvalue weighted by Gasteiger charge is -2.27. The summed E-state index contributed by atoms with van der Waals surface area (Å²) in [6, 6.07) is 0. The topological polar surface area (TPSA) is 0 Å². The molecule has 0 heteroatoms. The molecule has 0 aromatic carbocycles. The molecular weight excluding hydrogens is 228 g/mol. The Hall–Kier alpha value is 0. The van der Waals surface area contributed by atoms with Crippen molar-refractivity contribution in [3.05, 3.63) is 0 Å². The quantitative estimate of drug-likeness (QED) is 0.332. The zero-order chi connectivity index (χ0) is 14.7. The second-order valence-corrected chi connectivity index (χ2v) is 7.21. The Balaban J connectivity index is 3.82. The molecular formula is C19H40. The minimum absolute atomic E-state index is 0.862. The van der Waals surface area contributed by atoms with Gasteiger partial charge in [0.05, 0.1) is 0 Å². The first kappa shape index (κ1) is 19.0. The van der Waals surface area contributed by atoms with Gasteiger partial charge < -0.3 is 0 Å². The molecule has 116 valence electrons. The third-order valence-corrected chi connectivity index (χ3v) is 4.87. The second kappa shape index (κ2) is 11.8. The zero-order valence-electron chi connectivity index (χ0n) is 14.7. The first-order valence-electron chi connectivity index (χ1n) is 9.02. The summed E-state index contributed by atoms with van der Waals surface area (Å²) in [7, 11) is 0. The standard InChI is InChI=1S/C19H40/c1-7-9-15-19(16(3)4)18(6)14-11-10-13-17(5)12-8-2/h16-19H,7-15H2,1-6H3. The van der Waals surface area contributed by atoms with E-state index in [1.807, 2.05) is 0 Å². The van der Waals surface area contributed by atoms with Crippen LogP contribution in [0.5, 0.6) is 0 Å². The first-order valence-corrected chi connectivity index (χ1v) is 9.02. The van der Waals surface area contributed by atoms with E-state index in [1.54, 1.807) is 0 Å². The summed E-state index contributed by atoms with van der Waals surface area (Å²) >= 11 is 0. The Bertz CT molecular complexity index is 182.